The molecule has 0 aliphatic carbocycles. The maximum atomic E-state index is 11.3. The Morgan fingerprint density at radius 2 is 2.21 bits per heavy atom. The Hall–Kier alpha value is -1.46. The molecule has 0 N–H and O–H groups in total. The summed E-state index contributed by atoms with van der Waals surface area (Å²) in [6.45, 7) is 11.0. The van der Waals surface area contributed by atoms with Crippen LogP contribution in [0.2, 0.25) is 0 Å². The summed E-state index contributed by atoms with van der Waals surface area (Å²) in [5, 5.41) is 1.18. The van der Waals surface area contributed by atoms with Crippen LogP contribution in [0.3, 0.4) is 0 Å². The highest BCUT2D eigenvalue weighted by Crippen LogP contribution is 2.25. The van der Waals surface area contributed by atoms with Crippen molar-refractivity contribution < 1.29 is 4.79 Å². The van der Waals surface area contributed by atoms with Crippen LogP contribution < -0.4 is 0 Å². The second-order valence-corrected chi connectivity index (χ2v) is 5.68. The largest absolute Gasteiger partial charge is 0.292 e. The van der Waals surface area contributed by atoms with Gasteiger partial charge in [-0.3, -0.25) is 4.79 Å². The molecule has 0 saturated carbocycles. The zero-order valence-corrected chi connectivity index (χ0v) is 12.9. The third-order valence-electron chi connectivity index (χ3n) is 2.20. The Labute approximate surface area is 121 Å². The number of hydrogen-bond acceptors (Lipinski definition) is 5. The summed E-state index contributed by atoms with van der Waals surface area (Å²) in [5.74, 6) is -0.0614. The lowest BCUT2D eigenvalue weighted by molar-refractivity contribution is -0.110. The van der Waals surface area contributed by atoms with Gasteiger partial charge in [0.2, 0.25) is 0 Å². The monoisotopic (exact) mass is 292 g/mol. The van der Waals surface area contributed by atoms with Crippen LogP contribution in [0.25, 0.3) is 11.8 Å². The van der Waals surface area contributed by atoms with Crippen LogP contribution in [-0.2, 0) is 4.79 Å². The fourth-order valence-electron chi connectivity index (χ4n) is 1.28. The summed E-state index contributed by atoms with van der Waals surface area (Å²) in [6, 6.07) is 0. The molecule has 0 amide bonds. The first-order valence-corrected chi connectivity index (χ1v) is 7.63. The van der Waals surface area contributed by atoms with E-state index in [1.165, 1.54) is 30.0 Å². The zero-order valence-electron chi connectivity index (χ0n) is 11.3. The molecule has 0 atom stereocenters. The van der Waals surface area contributed by atoms with Gasteiger partial charge in [-0.1, -0.05) is 25.3 Å². The minimum atomic E-state index is -0.0614. The molecule has 0 saturated heterocycles. The number of aliphatic imine (C=N–C) groups is 1. The van der Waals surface area contributed by atoms with Gasteiger partial charge >= 0.3 is 0 Å². The number of Topliss-reactive ketones (excluding diaryl/α,β-unsaturated/α-hetero) is 1. The summed E-state index contributed by atoms with van der Waals surface area (Å²) < 4.78 is 0. The predicted octanol–water partition coefficient (Wildman–Crippen LogP) is 3.97. The normalized spacial score (nSPS) is 11.8. The van der Waals surface area contributed by atoms with Gasteiger partial charge < -0.3 is 0 Å². The summed E-state index contributed by atoms with van der Waals surface area (Å²) in [7, 11) is 0. The lowest BCUT2D eigenvalue weighted by Gasteiger charge is -1.98. The van der Waals surface area contributed by atoms with Gasteiger partial charge in [-0.15, -0.1) is 23.1 Å². The zero-order chi connectivity index (χ0) is 14.4. The van der Waals surface area contributed by atoms with Gasteiger partial charge in [0.05, 0.1) is 11.4 Å². The van der Waals surface area contributed by atoms with E-state index in [1.54, 1.807) is 6.08 Å². The third-order valence-corrected chi connectivity index (χ3v) is 4.00. The summed E-state index contributed by atoms with van der Waals surface area (Å²) in [5.41, 5.74) is 1.40. The van der Waals surface area contributed by atoms with E-state index in [0.717, 1.165) is 15.6 Å². The van der Waals surface area contributed by atoms with E-state index in [4.69, 9.17) is 0 Å². The molecule has 0 radical (unpaired) electrons. The molecule has 0 aliphatic rings. The van der Waals surface area contributed by atoms with Crippen molar-refractivity contribution in [3.63, 3.8) is 0 Å². The molecule has 0 aliphatic heterocycles. The molecular weight excluding hydrogens is 276 g/mol. The van der Waals surface area contributed by atoms with Crippen LogP contribution in [0.5, 0.6) is 0 Å². The number of ketones is 1. The van der Waals surface area contributed by atoms with Crippen molar-refractivity contribution in [2.24, 2.45) is 4.99 Å². The molecule has 0 spiro atoms. The number of aromatic nitrogens is 1. The Balaban J connectivity index is 3.04. The average Bonchev–Trinajstić information content (AvgIpc) is 2.74. The molecule has 100 valence electrons. The number of thiazole rings is 1. The summed E-state index contributed by atoms with van der Waals surface area (Å²) in [4.78, 5) is 21.1. The van der Waals surface area contributed by atoms with E-state index in [2.05, 4.69) is 23.1 Å². The third kappa shape index (κ3) is 4.29. The van der Waals surface area contributed by atoms with E-state index < -0.39 is 0 Å². The number of thioether (sulfide) groups is 1. The Morgan fingerprint density at radius 1 is 1.53 bits per heavy atom. The van der Waals surface area contributed by atoms with Gasteiger partial charge in [0.15, 0.2) is 5.78 Å². The molecular formula is C14H16N2OS2. The van der Waals surface area contributed by atoms with Crippen LogP contribution >= 0.6 is 23.1 Å². The topological polar surface area (TPSA) is 42.3 Å². The minimum absolute atomic E-state index is 0.0614. The van der Waals surface area contributed by atoms with Crippen LogP contribution in [0.4, 0.5) is 0 Å². The molecule has 0 fully saturated rings. The first kappa shape index (κ1) is 15.6. The maximum absolute atomic E-state index is 11.3. The van der Waals surface area contributed by atoms with Crippen molar-refractivity contribution >= 4 is 45.7 Å². The quantitative estimate of drug-likeness (QED) is 0.468. The van der Waals surface area contributed by atoms with Crippen molar-refractivity contribution in [1.82, 2.24) is 4.98 Å². The van der Waals surface area contributed by atoms with E-state index in [0.29, 0.717) is 10.7 Å². The van der Waals surface area contributed by atoms with Crippen molar-refractivity contribution in [1.29, 1.82) is 0 Å². The Bertz CT molecular complexity index is 568. The van der Waals surface area contributed by atoms with E-state index in [1.807, 2.05) is 25.3 Å². The first-order valence-electron chi connectivity index (χ1n) is 5.59. The highest BCUT2D eigenvalue weighted by molar-refractivity contribution is 8.15. The Morgan fingerprint density at radius 3 is 2.74 bits per heavy atom. The van der Waals surface area contributed by atoms with Gasteiger partial charge in [-0.25, -0.2) is 9.98 Å². The van der Waals surface area contributed by atoms with Gasteiger partial charge in [0, 0.05) is 11.8 Å². The highest BCUT2D eigenvalue weighted by Gasteiger charge is 2.10. The van der Waals surface area contributed by atoms with E-state index in [-0.39, 0.29) is 5.78 Å². The molecule has 5 heteroatoms. The number of carbonyl (C=O) groups excluding carboxylic acids is 1. The number of aryl methyl sites for hydroxylation is 1. The van der Waals surface area contributed by atoms with Crippen molar-refractivity contribution in [3.05, 3.63) is 40.9 Å². The maximum Gasteiger partial charge on any atom is 0.184 e. The molecule has 3 nitrogen and oxygen atoms in total. The molecule has 0 unspecified atom stereocenters. The van der Waals surface area contributed by atoms with Crippen molar-refractivity contribution in [3.8, 4) is 0 Å². The summed E-state index contributed by atoms with van der Waals surface area (Å²) >= 11 is 2.83. The number of carbonyl (C=O) groups is 1. The molecule has 0 aromatic carbocycles. The first-order chi connectivity index (χ1) is 8.99. The predicted molar refractivity (Wildman–Crippen MR) is 86.7 cm³/mol. The van der Waals surface area contributed by atoms with Gasteiger partial charge in [-0.05, 0) is 19.3 Å². The van der Waals surface area contributed by atoms with Crippen LogP contribution in [0.1, 0.15) is 22.5 Å². The molecule has 1 rings (SSSR count). The Kier molecular flexibility index (Phi) is 5.92. The average molecular weight is 292 g/mol. The second-order valence-electron chi connectivity index (χ2n) is 3.68. The van der Waals surface area contributed by atoms with Crippen molar-refractivity contribution in [2.75, 3.05) is 6.26 Å². The van der Waals surface area contributed by atoms with E-state index >= 15 is 0 Å². The number of nitrogens with zero attached hydrogens (tertiary/aromatic N) is 2. The van der Waals surface area contributed by atoms with Gasteiger partial charge in [0.25, 0.3) is 0 Å². The summed E-state index contributed by atoms with van der Waals surface area (Å²) in [6.07, 6.45) is 7.24. The molecule has 1 aromatic rings. The lowest BCUT2D eigenvalue weighted by Crippen LogP contribution is -2.04. The van der Waals surface area contributed by atoms with Crippen LogP contribution in [0, 0.1) is 6.92 Å². The molecule has 19 heavy (non-hydrogen) atoms. The molecule has 1 heterocycles. The fourth-order valence-corrected chi connectivity index (χ4v) is 2.59. The fraction of sp³-hybridized carbons (Fsp3) is 0.214. The molecule has 1 aromatic heterocycles. The SMILES string of the molecule is C=C/C=C\c1nc(C(=C)N=C(SC)C(C)=O)sc1C. The number of rotatable bonds is 5. The number of allylic oxidation sites excluding steroid dienone is 2. The number of hydrogen-bond donors (Lipinski definition) is 0. The van der Waals surface area contributed by atoms with Crippen molar-refractivity contribution in [2.45, 2.75) is 13.8 Å². The van der Waals surface area contributed by atoms with Gasteiger partial charge in [-0.2, -0.15) is 0 Å². The highest BCUT2D eigenvalue weighted by atomic mass is 32.2. The van der Waals surface area contributed by atoms with E-state index in [9.17, 15) is 4.79 Å². The lowest BCUT2D eigenvalue weighted by atomic mass is 10.3. The standard InChI is InChI=1S/C14H16N2OS2/c1-6-7-8-12-11(4)19-13(16-12)9(2)15-14(18-5)10(3)17/h6-8H,1-2H2,3-5H3/b8-7-,15-14?. The molecule has 0 bridgehead atoms. The van der Waals surface area contributed by atoms with Crippen LogP contribution in [-0.4, -0.2) is 22.1 Å². The van der Waals surface area contributed by atoms with Crippen LogP contribution in [0.15, 0.2) is 30.3 Å². The minimum Gasteiger partial charge on any atom is -0.292 e. The van der Waals surface area contributed by atoms with Gasteiger partial charge in [0.1, 0.15) is 10.1 Å². The smallest absolute Gasteiger partial charge is 0.184 e. The second kappa shape index (κ2) is 7.21.